The normalized spacial score (nSPS) is 12.4. The van der Waals surface area contributed by atoms with E-state index in [1.54, 1.807) is 6.07 Å². The lowest BCUT2D eigenvalue weighted by molar-refractivity contribution is -0.142. The number of aromatic nitrogens is 1. The minimum absolute atomic E-state index is 0.370. The minimum atomic E-state index is -0.697. The summed E-state index contributed by atoms with van der Waals surface area (Å²) in [6, 6.07) is 8.62. The third-order valence-corrected chi connectivity index (χ3v) is 2.91. The van der Waals surface area contributed by atoms with E-state index in [1.165, 1.54) is 7.11 Å². The molecule has 18 heavy (non-hydrogen) atoms. The van der Waals surface area contributed by atoms with E-state index in [2.05, 4.69) is 9.72 Å². The summed E-state index contributed by atoms with van der Waals surface area (Å²) in [7, 11) is 1.32. The van der Waals surface area contributed by atoms with Gasteiger partial charge < -0.3 is 10.5 Å². The number of pyridine rings is 1. The van der Waals surface area contributed by atoms with Gasteiger partial charge >= 0.3 is 5.97 Å². The van der Waals surface area contributed by atoms with Gasteiger partial charge in [-0.2, -0.15) is 0 Å². The maximum absolute atomic E-state index is 11.3. The second-order valence-electron chi connectivity index (χ2n) is 3.96. The molecular formula is C13H13ClN2O2. The second kappa shape index (κ2) is 5.33. The summed E-state index contributed by atoms with van der Waals surface area (Å²) in [6.07, 6.45) is 0.370. The van der Waals surface area contributed by atoms with E-state index in [9.17, 15) is 4.79 Å². The third-order valence-electron chi connectivity index (χ3n) is 2.71. The SMILES string of the molecule is COC(=O)[C@@H](N)Cc1cc(Cl)nc2ccccc12. The zero-order chi connectivity index (χ0) is 13.1. The van der Waals surface area contributed by atoms with E-state index in [4.69, 9.17) is 17.3 Å². The van der Waals surface area contributed by atoms with Gasteiger partial charge in [-0.25, -0.2) is 4.98 Å². The molecule has 0 aliphatic rings. The molecule has 2 rings (SSSR count). The highest BCUT2D eigenvalue weighted by Gasteiger charge is 2.16. The number of ether oxygens (including phenoxy) is 1. The van der Waals surface area contributed by atoms with Crippen LogP contribution in [0.1, 0.15) is 5.56 Å². The number of hydrogen-bond acceptors (Lipinski definition) is 4. The minimum Gasteiger partial charge on any atom is -0.468 e. The van der Waals surface area contributed by atoms with Crippen LogP contribution in [0.2, 0.25) is 5.15 Å². The number of methoxy groups -OCH3 is 1. The van der Waals surface area contributed by atoms with E-state index in [0.717, 1.165) is 16.5 Å². The van der Waals surface area contributed by atoms with Crippen LogP contribution >= 0.6 is 11.6 Å². The molecule has 2 N–H and O–H groups in total. The first-order chi connectivity index (χ1) is 8.61. The van der Waals surface area contributed by atoms with Gasteiger partial charge in [0.15, 0.2) is 0 Å². The molecule has 1 heterocycles. The number of carbonyl (C=O) groups excluding carboxylic acids is 1. The molecule has 0 aliphatic carbocycles. The number of fused-ring (bicyclic) bond motifs is 1. The van der Waals surface area contributed by atoms with Crippen molar-refractivity contribution < 1.29 is 9.53 Å². The largest absolute Gasteiger partial charge is 0.468 e. The van der Waals surface area contributed by atoms with Gasteiger partial charge in [-0.3, -0.25) is 4.79 Å². The lowest BCUT2D eigenvalue weighted by atomic mass is 10.0. The monoisotopic (exact) mass is 264 g/mol. The molecule has 2 aromatic rings. The Hall–Kier alpha value is -1.65. The fourth-order valence-corrected chi connectivity index (χ4v) is 2.07. The molecule has 4 nitrogen and oxygen atoms in total. The molecule has 1 atom stereocenters. The molecule has 0 fully saturated rings. The van der Waals surface area contributed by atoms with Crippen LogP contribution in [-0.4, -0.2) is 24.1 Å². The van der Waals surface area contributed by atoms with Crippen LogP contribution in [0, 0.1) is 0 Å². The van der Waals surface area contributed by atoms with E-state index >= 15 is 0 Å². The Bertz CT molecular complexity index is 586. The van der Waals surface area contributed by atoms with Crippen molar-refractivity contribution in [1.82, 2.24) is 4.98 Å². The Balaban J connectivity index is 2.41. The number of nitrogens with two attached hydrogens (primary N) is 1. The van der Waals surface area contributed by atoms with Crippen molar-refractivity contribution in [3.63, 3.8) is 0 Å². The van der Waals surface area contributed by atoms with Crippen molar-refractivity contribution in [2.45, 2.75) is 12.5 Å². The fourth-order valence-electron chi connectivity index (χ4n) is 1.85. The van der Waals surface area contributed by atoms with E-state index in [1.807, 2.05) is 24.3 Å². The van der Waals surface area contributed by atoms with Crippen LogP contribution in [-0.2, 0) is 16.0 Å². The molecule has 0 amide bonds. The van der Waals surface area contributed by atoms with Crippen molar-refractivity contribution in [2.75, 3.05) is 7.11 Å². The first kappa shape index (κ1) is 12.8. The number of carbonyl (C=O) groups is 1. The summed E-state index contributed by atoms with van der Waals surface area (Å²) in [6.45, 7) is 0. The first-order valence-corrected chi connectivity index (χ1v) is 5.87. The average Bonchev–Trinajstić information content (AvgIpc) is 2.37. The topological polar surface area (TPSA) is 65.2 Å². The summed E-state index contributed by atoms with van der Waals surface area (Å²) in [5.74, 6) is -0.438. The predicted molar refractivity (Wildman–Crippen MR) is 70.4 cm³/mol. The molecule has 0 bridgehead atoms. The van der Waals surface area contributed by atoms with Gasteiger partial charge in [-0.15, -0.1) is 0 Å². The van der Waals surface area contributed by atoms with Gasteiger partial charge in [-0.1, -0.05) is 29.8 Å². The van der Waals surface area contributed by atoms with E-state index < -0.39 is 12.0 Å². The lowest BCUT2D eigenvalue weighted by Crippen LogP contribution is -2.33. The maximum Gasteiger partial charge on any atom is 0.322 e. The molecule has 1 aromatic carbocycles. The molecule has 0 saturated carbocycles. The van der Waals surface area contributed by atoms with Crippen LogP contribution in [0.4, 0.5) is 0 Å². The molecule has 5 heteroatoms. The van der Waals surface area contributed by atoms with Gasteiger partial charge in [0.05, 0.1) is 12.6 Å². The number of hydrogen-bond donors (Lipinski definition) is 1. The van der Waals surface area contributed by atoms with Gasteiger partial charge in [-0.05, 0) is 24.1 Å². The summed E-state index contributed by atoms with van der Waals surface area (Å²) in [5, 5.41) is 1.34. The number of halogens is 1. The Morgan fingerprint density at radius 1 is 1.50 bits per heavy atom. The Labute approximate surface area is 110 Å². The summed E-state index contributed by atoms with van der Waals surface area (Å²) in [4.78, 5) is 15.6. The zero-order valence-electron chi connectivity index (χ0n) is 9.89. The lowest BCUT2D eigenvalue weighted by Gasteiger charge is -2.11. The summed E-state index contributed by atoms with van der Waals surface area (Å²) >= 11 is 5.95. The van der Waals surface area contributed by atoms with E-state index in [-0.39, 0.29) is 0 Å². The molecule has 1 aromatic heterocycles. The Kier molecular flexibility index (Phi) is 3.79. The maximum atomic E-state index is 11.3. The molecule has 0 radical (unpaired) electrons. The molecule has 0 aliphatic heterocycles. The fraction of sp³-hybridized carbons (Fsp3) is 0.231. The number of para-hydroxylation sites is 1. The smallest absolute Gasteiger partial charge is 0.322 e. The molecule has 0 spiro atoms. The van der Waals surface area contributed by atoms with Gasteiger partial charge in [0, 0.05) is 5.39 Å². The Morgan fingerprint density at radius 3 is 2.94 bits per heavy atom. The third kappa shape index (κ3) is 2.60. The van der Waals surface area contributed by atoms with Gasteiger partial charge in [0.1, 0.15) is 11.2 Å². The number of nitrogens with zero attached hydrogens (tertiary/aromatic N) is 1. The van der Waals surface area contributed by atoms with Crippen LogP contribution in [0.3, 0.4) is 0 Å². The van der Waals surface area contributed by atoms with Gasteiger partial charge in [0.2, 0.25) is 0 Å². The number of rotatable bonds is 3. The van der Waals surface area contributed by atoms with E-state index in [0.29, 0.717) is 11.6 Å². The zero-order valence-corrected chi connectivity index (χ0v) is 10.6. The average molecular weight is 265 g/mol. The van der Waals surface area contributed by atoms with Crippen LogP contribution in [0.25, 0.3) is 10.9 Å². The Morgan fingerprint density at radius 2 is 2.22 bits per heavy atom. The molecule has 0 unspecified atom stereocenters. The summed E-state index contributed by atoms with van der Waals surface area (Å²) in [5.41, 5.74) is 7.44. The predicted octanol–water partition coefficient (Wildman–Crippen LogP) is 1.93. The highest BCUT2D eigenvalue weighted by atomic mass is 35.5. The van der Waals surface area contributed by atoms with Crippen molar-refractivity contribution in [1.29, 1.82) is 0 Å². The second-order valence-corrected chi connectivity index (χ2v) is 4.34. The highest BCUT2D eigenvalue weighted by Crippen LogP contribution is 2.21. The van der Waals surface area contributed by atoms with Crippen molar-refractivity contribution in [2.24, 2.45) is 5.73 Å². The number of esters is 1. The van der Waals surface area contributed by atoms with Crippen LogP contribution in [0.5, 0.6) is 0 Å². The first-order valence-electron chi connectivity index (χ1n) is 5.49. The molecule has 0 saturated heterocycles. The van der Waals surface area contributed by atoms with Crippen molar-refractivity contribution in [3.05, 3.63) is 41.0 Å². The van der Waals surface area contributed by atoms with Gasteiger partial charge in [0.25, 0.3) is 0 Å². The number of benzene rings is 1. The van der Waals surface area contributed by atoms with Crippen LogP contribution < -0.4 is 5.73 Å². The highest BCUT2D eigenvalue weighted by molar-refractivity contribution is 6.29. The van der Waals surface area contributed by atoms with Crippen molar-refractivity contribution in [3.8, 4) is 0 Å². The van der Waals surface area contributed by atoms with Crippen LogP contribution in [0.15, 0.2) is 30.3 Å². The standard InChI is InChI=1S/C13H13ClN2O2/c1-18-13(17)10(15)6-8-7-12(14)16-11-5-3-2-4-9(8)11/h2-5,7,10H,6,15H2,1H3/t10-/m0/s1. The molecule has 94 valence electrons. The van der Waals surface area contributed by atoms with Crippen molar-refractivity contribution >= 4 is 28.5 Å². The summed E-state index contributed by atoms with van der Waals surface area (Å²) < 4.78 is 4.61. The quantitative estimate of drug-likeness (QED) is 0.680. The molecular weight excluding hydrogens is 252 g/mol.